The molecule has 0 heteroatoms. The first-order chi connectivity index (χ1) is 6.59. The van der Waals surface area contributed by atoms with Crippen LogP contribution in [0.3, 0.4) is 0 Å². The molecule has 0 heterocycles. The minimum Gasteiger partial charge on any atom is -0.0622 e. The lowest BCUT2D eigenvalue weighted by Gasteiger charge is -2.34. The van der Waals surface area contributed by atoms with Crippen molar-refractivity contribution in [3.63, 3.8) is 0 Å². The number of benzene rings is 1. The van der Waals surface area contributed by atoms with Gasteiger partial charge < -0.3 is 0 Å². The van der Waals surface area contributed by atoms with Crippen LogP contribution in [0.5, 0.6) is 0 Å². The minimum atomic E-state index is 0.665. The molecule has 1 atom stereocenters. The van der Waals surface area contributed by atoms with Gasteiger partial charge in [0.05, 0.1) is 0 Å². The van der Waals surface area contributed by atoms with Gasteiger partial charge in [0.2, 0.25) is 0 Å². The first-order valence-electron chi connectivity index (χ1n) is 5.72. The molecule has 0 bridgehead atoms. The molecule has 14 heavy (non-hydrogen) atoms. The van der Waals surface area contributed by atoms with Crippen LogP contribution in [0.1, 0.15) is 56.2 Å². The Morgan fingerprint density at radius 3 is 2.36 bits per heavy atom. The maximum Gasteiger partial charge on any atom is -0.00956 e. The molecule has 0 fully saturated rings. The molecule has 2 rings (SSSR count). The molecule has 0 aliphatic heterocycles. The molecule has 1 aliphatic carbocycles. The van der Waals surface area contributed by atoms with E-state index in [0.717, 1.165) is 11.8 Å². The van der Waals surface area contributed by atoms with Gasteiger partial charge in [0.15, 0.2) is 0 Å². The molecule has 76 valence electrons. The van der Waals surface area contributed by atoms with Gasteiger partial charge in [-0.1, -0.05) is 45.9 Å². The van der Waals surface area contributed by atoms with E-state index in [-0.39, 0.29) is 0 Å². The third kappa shape index (κ3) is 1.47. The fourth-order valence-corrected chi connectivity index (χ4v) is 2.33. The predicted octanol–water partition coefficient (Wildman–Crippen LogP) is 4.11. The van der Waals surface area contributed by atoms with Crippen molar-refractivity contribution in [2.24, 2.45) is 5.92 Å². The van der Waals surface area contributed by atoms with E-state index in [1.165, 1.54) is 12.0 Å². The normalized spacial score (nSPS) is 19.7. The Bertz CT molecular complexity index is 334. The van der Waals surface area contributed by atoms with Crippen LogP contribution in [0.25, 0.3) is 0 Å². The van der Waals surface area contributed by atoms with Crippen LogP contribution < -0.4 is 0 Å². The second-order valence-corrected chi connectivity index (χ2v) is 5.17. The van der Waals surface area contributed by atoms with Gasteiger partial charge in [-0.2, -0.15) is 0 Å². The van der Waals surface area contributed by atoms with Crippen LogP contribution >= 0.6 is 0 Å². The standard InChI is InChI=1S/C14H20/c1-9(2)11-5-6-13-12(7-11)8-14(13)10(3)4/h5-7,9-10,14H,8H2,1-4H3. The minimum absolute atomic E-state index is 0.665. The molecule has 1 aromatic carbocycles. The van der Waals surface area contributed by atoms with Crippen LogP contribution in [-0.2, 0) is 6.42 Å². The Hall–Kier alpha value is -0.780. The van der Waals surface area contributed by atoms with E-state index in [2.05, 4.69) is 45.9 Å². The Morgan fingerprint density at radius 2 is 1.86 bits per heavy atom. The summed E-state index contributed by atoms with van der Waals surface area (Å²) >= 11 is 0. The molecule has 0 N–H and O–H groups in total. The molecule has 0 radical (unpaired) electrons. The summed E-state index contributed by atoms with van der Waals surface area (Å²) in [6.45, 7) is 9.18. The highest BCUT2D eigenvalue weighted by Gasteiger charge is 2.28. The van der Waals surface area contributed by atoms with E-state index >= 15 is 0 Å². The average molecular weight is 188 g/mol. The SMILES string of the molecule is CC(C)c1ccc2c(c1)CC2C(C)C. The van der Waals surface area contributed by atoms with Gasteiger partial charge >= 0.3 is 0 Å². The summed E-state index contributed by atoms with van der Waals surface area (Å²) in [4.78, 5) is 0. The maximum absolute atomic E-state index is 2.40. The molecule has 1 unspecified atom stereocenters. The molecular weight excluding hydrogens is 168 g/mol. The van der Waals surface area contributed by atoms with Crippen LogP contribution in [0.2, 0.25) is 0 Å². The van der Waals surface area contributed by atoms with Crippen LogP contribution in [0.4, 0.5) is 0 Å². The van der Waals surface area contributed by atoms with Gasteiger partial charge in [0.25, 0.3) is 0 Å². The molecule has 1 aromatic rings. The van der Waals surface area contributed by atoms with E-state index in [1.807, 2.05) is 0 Å². The second-order valence-electron chi connectivity index (χ2n) is 5.17. The molecular formula is C14H20. The van der Waals surface area contributed by atoms with E-state index < -0.39 is 0 Å². The molecule has 0 saturated carbocycles. The summed E-state index contributed by atoms with van der Waals surface area (Å²) in [6, 6.07) is 7.05. The molecule has 0 nitrogen and oxygen atoms in total. The third-order valence-corrected chi connectivity index (χ3v) is 3.48. The first kappa shape index (κ1) is 9.76. The van der Waals surface area contributed by atoms with Crippen molar-refractivity contribution < 1.29 is 0 Å². The number of hydrogen-bond donors (Lipinski definition) is 0. The van der Waals surface area contributed by atoms with E-state index in [1.54, 1.807) is 11.1 Å². The monoisotopic (exact) mass is 188 g/mol. The molecule has 1 aliphatic rings. The summed E-state index contributed by atoms with van der Waals surface area (Å²) in [5.74, 6) is 2.29. The fraction of sp³-hybridized carbons (Fsp3) is 0.571. The van der Waals surface area contributed by atoms with Gasteiger partial charge in [-0.05, 0) is 40.9 Å². The van der Waals surface area contributed by atoms with Gasteiger partial charge in [-0.25, -0.2) is 0 Å². The first-order valence-corrected chi connectivity index (χ1v) is 5.72. The van der Waals surface area contributed by atoms with Crippen molar-refractivity contribution in [1.29, 1.82) is 0 Å². The second kappa shape index (κ2) is 3.42. The lowest BCUT2D eigenvalue weighted by atomic mass is 9.71. The van der Waals surface area contributed by atoms with Gasteiger partial charge in [0, 0.05) is 0 Å². The van der Waals surface area contributed by atoms with E-state index in [9.17, 15) is 0 Å². The van der Waals surface area contributed by atoms with Crippen LogP contribution in [0, 0.1) is 5.92 Å². The maximum atomic E-state index is 2.40. The van der Waals surface area contributed by atoms with Crippen molar-refractivity contribution in [2.45, 2.75) is 46.0 Å². The molecule has 0 amide bonds. The Morgan fingerprint density at radius 1 is 1.14 bits per heavy atom. The van der Waals surface area contributed by atoms with Crippen molar-refractivity contribution in [2.75, 3.05) is 0 Å². The molecule has 0 saturated heterocycles. The summed E-state index contributed by atoms with van der Waals surface area (Å²) in [5.41, 5.74) is 4.69. The van der Waals surface area contributed by atoms with Crippen molar-refractivity contribution >= 4 is 0 Å². The van der Waals surface area contributed by atoms with Crippen molar-refractivity contribution in [3.05, 3.63) is 34.9 Å². The highest BCUT2D eigenvalue weighted by Crippen LogP contribution is 2.41. The summed E-state index contributed by atoms with van der Waals surface area (Å²) in [6.07, 6.45) is 1.30. The molecule has 0 spiro atoms. The Balaban J connectivity index is 2.26. The van der Waals surface area contributed by atoms with Crippen molar-refractivity contribution in [1.82, 2.24) is 0 Å². The zero-order valence-electron chi connectivity index (χ0n) is 9.67. The van der Waals surface area contributed by atoms with Gasteiger partial charge in [-0.15, -0.1) is 0 Å². The van der Waals surface area contributed by atoms with Crippen LogP contribution in [0.15, 0.2) is 18.2 Å². The average Bonchev–Trinajstić information content (AvgIpc) is 2.05. The highest BCUT2D eigenvalue weighted by molar-refractivity contribution is 5.43. The van der Waals surface area contributed by atoms with Crippen LogP contribution in [-0.4, -0.2) is 0 Å². The zero-order valence-corrected chi connectivity index (χ0v) is 9.67. The lowest BCUT2D eigenvalue weighted by molar-refractivity contribution is 0.450. The highest BCUT2D eigenvalue weighted by atomic mass is 14.3. The summed E-state index contributed by atoms with van der Waals surface area (Å²) in [7, 11) is 0. The fourth-order valence-electron chi connectivity index (χ4n) is 2.33. The molecule has 0 aromatic heterocycles. The Labute approximate surface area is 87.3 Å². The van der Waals surface area contributed by atoms with Gasteiger partial charge in [0.1, 0.15) is 0 Å². The summed E-state index contributed by atoms with van der Waals surface area (Å²) < 4.78 is 0. The predicted molar refractivity (Wildman–Crippen MR) is 61.8 cm³/mol. The van der Waals surface area contributed by atoms with Crippen molar-refractivity contribution in [3.8, 4) is 0 Å². The smallest absolute Gasteiger partial charge is 0.00956 e. The third-order valence-electron chi connectivity index (χ3n) is 3.48. The quantitative estimate of drug-likeness (QED) is 0.655. The van der Waals surface area contributed by atoms with Gasteiger partial charge in [-0.3, -0.25) is 0 Å². The topological polar surface area (TPSA) is 0 Å². The summed E-state index contributed by atoms with van der Waals surface area (Å²) in [5, 5.41) is 0. The number of rotatable bonds is 2. The van der Waals surface area contributed by atoms with E-state index in [0.29, 0.717) is 5.92 Å². The number of hydrogen-bond acceptors (Lipinski definition) is 0. The Kier molecular flexibility index (Phi) is 2.38. The number of fused-ring (bicyclic) bond motifs is 1. The largest absolute Gasteiger partial charge is 0.0622 e. The lowest BCUT2D eigenvalue weighted by Crippen LogP contribution is -2.22. The van der Waals surface area contributed by atoms with E-state index in [4.69, 9.17) is 0 Å². The zero-order chi connectivity index (χ0) is 10.3.